The van der Waals surface area contributed by atoms with Gasteiger partial charge in [0.15, 0.2) is 5.76 Å². The van der Waals surface area contributed by atoms with Crippen molar-refractivity contribution in [2.24, 2.45) is 0 Å². The minimum atomic E-state index is -0.349. The van der Waals surface area contributed by atoms with E-state index in [-0.39, 0.29) is 18.3 Å². The van der Waals surface area contributed by atoms with Crippen molar-refractivity contribution < 1.29 is 14.3 Å². The fraction of sp³-hybridized carbons (Fsp3) is 0.118. The quantitative estimate of drug-likeness (QED) is 0.646. The Hall–Kier alpha value is -2.79. The zero-order valence-electron chi connectivity index (χ0n) is 11.9. The van der Waals surface area contributed by atoms with E-state index in [2.05, 4.69) is 5.32 Å². The molecule has 2 aromatic carbocycles. The van der Waals surface area contributed by atoms with Crippen LogP contribution in [0.25, 0.3) is 11.0 Å². The summed E-state index contributed by atoms with van der Waals surface area (Å²) in [7, 11) is 0. The van der Waals surface area contributed by atoms with Gasteiger partial charge in [-0.1, -0.05) is 18.2 Å². The molecule has 3 rings (SSSR count). The van der Waals surface area contributed by atoms with Crippen LogP contribution in [-0.4, -0.2) is 17.6 Å². The highest BCUT2D eigenvalue weighted by molar-refractivity contribution is 6.06. The fourth-order valence-electron chi connectivity index (χ4n) is 2.28. The average molecular weight is 296 g/mol. The van der Waals surface area contributed by atoms with Crippen LogP contribution in [0.3, 0.4) is 0 Å². The number of rotatable bonds is 4. The van der Waals surface area contributed by atoms with Crippen LogP contribution in [0, 0.1) is 0 Å². The number of fused-ring (bicyclic) bond motifs is 1. The molecule has 112 valence electrons. The highest BCUT2D eigenvalue weighted by Crippen LogP contribution is 2.23. The van der Waals surface area contributed by atoms with Crippen LogP contribution in [0.5, 0.6) is 0 Å². The topological polar surface area (TPSA) is 88.5 Å². The number of nitrogens with two attached hydrogens (primary N) is 1. The number of aliphatic hydroxyl groups is 1. The lowest BCUT2D eigenvalue weighted by atomic mass is 10.1. The lowest BCUT2D eigenvalue weighted by Gasteiger charge is -2.05. The Balaban J connectivity index is 1.86. The van der Waals surface area contributed by atoms with Gasteiger partial charge < -0.3 is 20.6 Å². The van der Waals surface area contributed by atoms with Crippen molar-refractivity contribution in [2.75, 3.05) is 17.7 Å². The van der Waals surface area contributed by atoms with Crippen molar-refractivity contribution in [3.05, 3.63) is 59.9 Å². The summed E-state index contributed by atoms with van der Waals surface area (Å²) in [6.45, 7) is 0.0873. The van der Waals surface area contributed by atoms with Gasteiger partial charge in [-0.15, -0.1) is 0 Å². The summed E-state index contributed by atoms with van der Waals surface area (Å²) in [5.41, 5.74) is 8.48. The first-order valence-corrected chi connectivity index (χ1v) is 6.96. The van der Waals surface area contributed by atoms with Crippen LogP contribution >= 0.6 is 0 Å². The zero-order chi connectivity index (χ0) is 15.5. The number of hydrogen-bond donors (Lipinski definition) is 3. The van der Waals surface area contributed by atoms with Gasteiger partial charge in [0.1, 0.15) is 5.58 Å². The van der Waals surface area contributed by atoms with Crippen molar-refractivity contribution in [3.63, 3.8) is 0 Å². The van der Waals surface area contributed by atoms with Crippen LogP contribution in [0.2, 0.25) is 0 Å². The largest absolute Gasteiger partial charge is 0.451 e. The lowest BCUT2D eigenvalue weighted by Crippen LogP contribution is -2.12. The number of hydrogen-bond acceptors (Lipinski definition) is 4. The molecular weight excluding hydrogens is 280 g/mol. The molecule has 0 aliphatic carbocycles. The Morgan fingerprint density at radius 2 is 2.00 bits per heavy atom. The molecule has 1 heterocycles. The first-order valence-electron chi connectivity index (χ1n) is 6.96. The predicted octanol–water partition coefficient (Wildman–Crippen LogP) is 2.80. The van der Waals surface area contributed by atoms with Crippen LogP contribution in [0.4, 0.5) is 11.4 Å². The monoisotopic (exact) mass is 296 g/mol. The normalized spacial score (nSPS) is 10.8. The summed E-state index contributed by atoms with van der Waals surface area (Å²) in [6.07, 6.45) is 0.573. The van der Waals surface area contributed by atoms with Crippen molar-refractivity contribution in [1.29, 1.82) is 0 Å². The molecule has 0 radical (unpaired) electrons. The van der Waals surface area contributed by atoms with Gasteiger partial charge in [-0.3, -0.25) is 4.79 Å². The summed E-state index contributed by atoms with van der Waals surface area (Å²) in [4.78, 5) is 12.2. The number of nitrogens with one attached hydrogen (secondary N) is 1. The highest BCUT2D eigenvalue weighted by atomic mass is 16.3. The molecule has 5 heteroatoms. The van der Waals surface area contributed by atoms with Crippen molar-refractivity contribution in [2.45, 2.75) is 6.42 Å². The van der Waals surface area contributed by atoms with Crippen molar-refractivity contribution in [3.8, 4) is 0 Å². The molecule has 4 N–H and O–H groups in total. The molecule has 0 aliphatic rings. The van der Waals surface area contributed by atoms with E-state index >= 15 is 0 Å². The van der Waals surface area contributed by atoms with Gasteiger partial charge in [-0.2, -0.15) is 0 Å². The molecule has 0 spiro atoms. The molecule has 0 aliphatic heterocycles. The zero-order valence-corrected chi connectivity index (χ0v) is 11.9. The summed E-state index contributed by atoms with van der Waals surface area (Å²) >= 11 is 0. The summed E-state index contributed by atoms with van der Waals surface area (Å²) in [5.74, 6) is -0.128. The van der Waals surface area contributed by atoms with Gasteiger partial charge in [-0.05, 0) is 42.3 Å². The number of aliphatic hydroxyl groups excluding tert-OH is 1. The van der Waals surface area contributed by atoms with E-state index in [1.807, 2.05) is 12.1 Å². The molecule has 0 fully saturated rings. The van der Waals surface area contributed by atoms with Gasteiger partial charge in [0.25, 0.3) is 5.91 Å². The minimum absolute atomic E-state index is 0.0873. The number of nitrogen functional groups attached to an aromatic ring is 1. The molecular formula is C17H16N2O3. The SMILES string of the molecule is Nc1ccccc1NC(=O)c1cc2cc(CCO)ccc2o1. The average Bonchev–Trinajstić information content (AvgIpc) is 2.93. The maximum Gasteiger partial charge on any atom is 0.291 e. The molecule has 5 nitrogen and oxygen atoms in total. The first kappa shape index (κ1) is 14.2. The van der Waals surface area contributed by atoms with Gasteiger partial charge >= 0.3 is 0 Å². The van der Waals surface area contributed by atoms with E-state index in [0.717, 1.165) is 10.9 Å². The second-order valence-electron chi connectivity index (χ2n) is 5.00. The molecule has 0 bridgehead atoms. The Kier molecular flexibility index (Phi) is 3.80. The Bertz CT molecular complexity index is 824. The maximum atomic E-state index is 12.2. The number of para-hydroxylation sites is 2. The van der Waals surface area contributed by atoms with Crippen LogP contribution in [0.15, 0.2) is 52.9 Å². The van der Waals surface area contributed by atoms with E-state index < -0.39 is 0 Å². The second-order valence-corrected chi connectivity index (χ2v) is 5.00. The first-order chi connectivity index (χ1) is 10.7. The fourth-order valence-corrected chi connectivity index (χ4v) is 2.28. The number of amides is 1. The number of furan rings is 1. The molecule has 0 saturated carbocycles. The Labute approximate surface area is 127 Å². The molecule has 22 heavy (non-hydrogen) atoms. The Morgan fingerprint density at radius 1 is 1.18 bits per heavy atom. The van der Waals surface area contributed by atoms with Crippen molar-refractivity contribution >= 4 is 28.3 Å². The highest BCUT2D eigenvalue weighted by Gasteiger charge is 2.13. The molecule has 0 atom stereocenters. The summed E-state index contributed by atoms with van der Waals surface area (Å²) in [5, 5.41) is 12.5. The second kappa shape index (κ2) is 5.91. The molecule has 3 aromatic rings. The lowest BCUT2D eigenvalue weighted by molar-refractivity contribution is 0.0999. The molecule has 1 aromatic heterocycles. The van der Waals surface area contributed by atoms with E-state index in [0.29, 0.717) is 23.4 Å². The van der Waals surface area contributed by atoms with Gasteiger partial charge in [0.2, 0.25) is 0 Å². The number of benzene rings is 2. The van der Waals surface area contributed by atoms with E-state index in [1.54, 1.807) is 36.4 Å². The number of carbonyl (C=O) groups excluding carboxylic acids is 1. The van der Waals surface area contributed by atoms with Crippen LogP contribution < -0.4 is 11.1 Å². The third-order valence-electron chi connectivity index (χ3n) is 3.41. The maximum absolute atomic E-state index is 12.2. The van der Waals surface area contributed by atoms with E-state index in [1.165, 1.54) is 0 Å². The van der Waals surface area contributed by atoms with E-state index in [9.17, 15) is 4.79 Å². The van der Waals surface area contributed by atoms with E-state index in [4.69, 9.17) is 15.3 Å². The van der Waals surface area contributed by atoms with Crippen LogP contribution in [0.1, 0.15) is 16.1 Å². The van der Waals surface area contributed by atoms with Gasteiger partial charge in [0.05, 0.1) is 11.4 Å². The minimum Gasteiger partial charge on any atom is -0.451 e. The van der Waals surface area contributed by atoms with Crippen molar-refractivity contribution in [1.82, 2.24) is 0 Å². The van der Waals surface area contributed by atoms with Gasteiger partial charge in [-0.25, -0.2) is 0 Å². The van der Waals surface area contributed by atoms with Gasteiger partial charge in [0, 0.05) is 12.0 Å². The number of anilines is 2. The predicted molar refractivity (Wildman–Crippen MR) is 85.8 cm³/mol. The smallest absolute Gasteiger partial charge is 0.291 e. The van der Waals surface area contributed by atoms with Crippen LogP contribution in [-0.2, 0) is 6.42 Å². The Morgan fingerprint density at radius 3 is 2.77 bits per heavy atom. The summed E-state index contributed by atoms with van der Waals surface area (Å²) < 4.78 is 5.56. The summed E-state index contributed by atoms with van der Waals surface area (Å²) in [6, 6.07) is 14.3. The third kappa shape index (κ3) is 2.80. The molecule has 0 unspecified atom stereocenters. The standard InChI is InChI=1S/C17H16N2O3/c18-13-3-1-2-4-14(13)19-17(21)16-10-12-9-11(7-8-20)5-6-15(12)22-16/h1-6,9-10,20H,7-8,18H2,(H,19,21). The third-order valence-corrected chi connectivity index (χ3v) is 3.41. The molecule has 0 saturated heterocycles. The number of carbonyl (C=O) groups is 1. The molecule has 1 amide bonds.